The van der Waals surface area contributed by atoms with Crippen LogP contribution >= 0.6 is 0 Å². The van der Waals surface area contributed by atoms with Gasteiger partial charge in [0.25, 0.3) is 5.91 Å². The van der Waals surface area contributed by atoms with Gasteiger partial charge < -0.3 is 9.72 Å². The van der Waals surface area contributed by atoms with Crippen LogP contribution in [0.15, 0.2) is 90.0 Å². The van der Waals surface area contributed by atoms with E-state index in [-0.39, 0.29) is 24.0 Å². The Bertz CT molecular complexity index is 1430. The number of nitrogens with one attached hydrogen (secondary N) is 2. The number of methoxy groups -OCH3 is 1. The third-order valence-electron chi connectivity index (χ3n) is 6.09. The molecule has 4 rings (SSSR count). The quantitative estimate of drug-likeness (QED) is 0.280. The van der Waals surface area contributed by atoms with Crippen molar-refractivity contribution >= 4 is 26.8 Å². The van der Waals surface area contributed by atoms with Crippen LogP contribution in [-0.4, -0.2) is 36.8 Å². The van der Waals surface area contributed by atoms with Crippen LogP contribution in [0.25, 0.3) is 10.9 Å². The van der Waals surface area contributed by atoms with Gasteiger partial charge in [0.05, 0.1) is 18.6 Å². The number of carbonyl (C=O) groups excluding carboxylic acids is 1. The molecule has 0 aliphatic heterocycles. The van der Waals surface area contributed by atoms with E-state index in [9.17, 15) is 13.2 Å². The summed E-state index contributed by atoms with van der Waals surface area (Å²) in [5, 5.41) is 0.955. The Morgan fingerprint density at radius 2 is 1.70 bits per heavy atom. The first-order valence-electron chi connectivity index (χ1n) is 12.0. The monoisotopic (exact) mass is 521 g/mol. The van der Waals surface area contributed by atoms with Crippen molar-refractivity contribution in [1.82, 2.24) is 14.8 Å². The molecule has 194 valence electrons. The summed E-state index contributed by atoms with van der Waals surface area (Å²) in [4.78, 5) is 22.1. The predicted molar refractivity (Wildman–Crippen MR) is 142 cm³/mol. The van der Waals surface area contributed by atoms with Crippen molar-refractivity contribution in [3.05, 3.63) is 96.2 Å². The van der Waals surface area contributed by atoms with E-state index in [1.807, 2.05) is 74.6 Å². The summed E-state index contributed by atoms with van der Waals surface area (Å²) >= 11 is 0. The fraction of sp³-hybridized carbons (Fsp3) is 0.250. The number of aromatic nitrogens is 1. The lowest BCUT2D eigenvalue weighted by atomic mass is 10.0. The molecule has 0 saturated carbocycles. The van der Waals surface area contributed by atoms with Crippen molar-refractivity contribution < 1.29 is 22.8 Å². The molecule has 9 heteroatoms. The number of H-pyrrole nitrogens is 1. The SMILES string of the molecule is COc1ccc(S(=O)(=O)N(Cc2ccc3[nH]ccc3c2)[C@@H](C(=O)NOCc2ccccc2)C(C)C)cc1. The standard InChI is InChI=1S/C28H31N3O5S/c1-20(2)27(28(32)30-36-19-21-7-5-4-6-8-21)31(18-22-9-14-26-23(17-22)15-16-29-26)37(33,34)25-12-10-24(35-3)11-13-25/h4-17,20,27,29H,18-19H2,1-3H3,(H,30,32)/t27-/m1/s1. The van der Waals surface area contributed by atoms with Gasteiger partial charge >= 0.3 is 0 Å². The molecule has 2 N–H and O–H groups in total. The second-order valence-corrected chi connectivity index (χ2v) is 10.9. The highest BCUT2D eigenvalue weighted by molar-refractivity contribution is 7.89. The van der Waals surface area contributed by atoms with Gasteiger partial charge in [-0.3, -0.25) is 9.63 Å². The largest absolute Gasteiger partial charge is 0.497 e. The highest BCUT2D eigenvalue weighted by atomic mass is 32.2. The Hall–Kier alpha value is -3.66. The van der Waals surface area contributed by atoms with E-state index in [1.165, 1.54) is 23.5 Å². The van der Waals surface area contributed by atoms with Crippen molar-refractivity contribution in [1.29, 1.82) is 0 Å². The van der Waals surface area contributed by atoms with Gasteiger partial charge in [-0.2, -0.15) is 4.31 Å². The van der Waals surface area contributed by atoms with E-state index in [0.717, 1.165) is 22.0 Å². The number of fused-ring (bicyclic) bond motifs is 1. The molecule has 1 aromatic heterocycles. The van der Waals surface area contributed by atoms with Gasteiger partial charge in [-0.15, -0.1) is 0 Å². The maximum atomic E-state index is 14.0. The summed E-state index contributed by atoms with van der Waals surface area (Å²) < 4.78 is 34.3. The van der Waals surface area contributed by atoms with Crippen molar-refractivity contribution in [3.63, 3.8) is 0 Å². The molecule has 0 spiro atoms. The fourth-order valence-corrected chi connectivity index (χ4v) is 5.90. The van der Waals surface area contributed by atoms with Crippen molar-refractivity contribution in [2.45, 2.75) is 37.9 Å². The van der Waals surface area contributed by atoms with E-state index in [0.29, 0.717) is 5.75 Å². The highest BCUT2D eigenvalue weighted by Crippen LogP contribution is 2.27. The van der Waals surface area contributed by atoms with Gasteiger partial charge in [0.1, 0.15) is 11.8 Å². The van der Waals surface area contributed by atoms with Gasteiger partial charge in [-0.25, -0.2) is 13.9 Å². The smallest absolute Gasteiger partial charge is 0.262 e. The number of amides is 1. The number of carbonyl (C=O) groups is 1. The Kier molecular flexibility index (Phi) is 8.27. The Labute approximate surface area is 217 Å². The van der Waals surface area contributed by atoms with Gasteiger partial charge in [0.15, 0.2) is 0 Å². The molecule has 0 aliphatic rings. The molecule has 3 aromatic carbocycles. The van der Waals surface area contributed by atoms with E-state index in [2.05, 4.69) is 10.5 Å². The van der Waals surface area contributed by atoms with Crippen LogP contribution in [0.4, 0.5) is 0 Å². The maximum Gasteiger partial charge on any atom is 0.262 e. The minimum Gasteiger partial charge on any atom is -0.497 e. The summed E-state index contributed by atoms with van der Waals surface area (Å²) in [6.07, 6.45) is 1.83. The Morgan fingerprint density at radius 3 is 2.38 bits per heavy atom. The molecule has 1 amide bonds. The first-order chi connectivity index (χ1) is 17.8. The lowest BCUT2D eigenvalue weighted by Gasteiger charge is -2.32. The average Bonchev–Trinajstić information content (AvgIpc) is 3.37. The Morgan fingerprint density at radius 1 is 0.973 bits per heavy atom. The molecular weight excluding hydrogens is 490 g/mol. The lowest BCUT2D eigenvalue weighted by molar-refractivity contribution is -0.140. The number of rotatable bonds is 11. The van der Waals surface area contributed by atoms with E-state index in [1.54, 1.807) is 12.1 Å². The van der Waals surface area contributed by atoms with Gasteiger partial charge in [0, 0.05) is 18.3 Å². The third kappa shape index (κ3) is 6.19. The van der Waals surface area contributed by atoms with Gasteiger partial charge in [0.2, 0.25) is 10.0 Å². The lowest BCUT2D eigenvalue weighted by Crippen LogP contribution is -2.51. The number of ether oxygens (including phenoxy) is 1. The number of hydrogen-bond donors (Lipinski definition) is 2. The molecular formula is C28H31N3O5S. The Balaban J connectivity index is 1.66. The summed E-state index contributed by atoms with van der Waals surface area (Å²) in [7, 11) is -2.56. The molecule has 1 heterocycles. The molecule has 8 nitrogen and oxygen atoms in total. The number of aromatic amines is 1. The first kappa shape index (κ1) is 26.4. The molecule has 0 saturated heterocycles. The minimum atomic E-state index is -4.08. The number of benzene rings is 3. The van der Waals surface area contributed by atoms with E-state index < -0.39 is 22.0 Å². The molecule has 0 bridgehead atoms. The zero-order valence-corrected chi connectivity index (χ0v) is 21.9. The van der Waals surface area contributed by atoms with Crippen molar-refractivity contribution in [2.75, 3.05) is 7.11 Å². The molecule has 4 aromatic rings. The zero-order valence-electron chi connectivity index (χ0n) is 21.0. The van der Waals surface area contributed by atoms with Crippen LogP contribution in [0.3, 0.4) is 0 Å². The molecule has 0 fully saturated rings. The fourth-order valence-electron chi connectivity index (χ4n) is 4.19. The third-order valence-corrected chi connectivity index (χ3v) is 7.93. The second kappa shape index (κ2) is 11.6. The molecule has 0 unspecified atom stereocenters. The number of sulfonamides is 1. The van der Waals surface area contributed by atoms with Crippen molar-refractivity contribution in [2.24, 2.45) is 5.92 Å². The molecule has 0 aliphatic carbocycles. The summed E-state index contributed by atoms with van der Waals surface area (Å²) in [6.45, 7) is 3.79. The van der Waals surface area contributed by atoms with Gasteiger partial charge in [-0.1, -0.05) is 50.2 Å². The van der Waals surface area contributed by atoms with Crippen LogP contribution in [0.5, 0.6) is 5.75 Å². The first-order valence-corrected chi connectivity index (χ1v) is 13.4. The topological polar surface area (TPSA) is 101 Å². The molecule has 37 heavy (non-hydrogen) atoms. The van der Waals surface area contributed by atoms with Crippen LogP contribution in [0.2, 0.25) is 0 Å². The van der Waals surface area contributed by atoms with E-state index >= 15 is 0 Å². The average molecular weight is 522 g/mol. The van der Waals surface area contributed by atoms with Crippen LogP contribution in [0.1, 0.15) is 25.0 Å². The van der Waals surface area contributed by atoms with Gasteiger partial charge in [-0.05, 0) is 64.9 Å². The summed E-state index contributed by atoms with van der Waals surface area (Å²) in [6, 6.07) is 22.1. The maximum absolute atomic E-state index is 14.0. The predicted octanol–water partition coefficient (Wildman–Crippen LogP) is 4.64. The normalized spacial score (nSPS) is 12.7. The number of hydroxylamine groups is 1. The van der Waals surface area contributed by atoms with Crippen LogP contribution in [0, 0.1) is 5.92 Å². The van der Waals surface area contributed by atoms with Crippen LogP contribution < -0.4 is 10.2 Å². The van der Waals surface area contributed by atoms with Crippen molar-refractivity contribution in [3.8, 4) is 5.75 Å². The summed E-state index contributed by atoms with van der Waals surface area (Å²) in [5.41, 5.74) is 5.06. The van der Waals surface area contributed by atoms with Crippen LogP contribution in [-0.2, 0) is 32.8 Å². The number of nitrogens with zero attached hydrogens (tertiary/aromatic N) is 1. The minimum absolute atomic E-state index is 0.00440. The molecule has 0 radical (unpaired) electrons. The molecule has 1 atom stereocenters. The number of hydrogen-bond acceptors (Lipinski definition) is 5. The summed E-state index contributed by atoms with van der Waals surface area (Å²) in [5.74, 6) is -0.342. The second-order valence-electron chi connectivity index (χ2n) is 9.05. The zero-order chi connectivity index (χ0) is 26.4. The van der Waals surface area contributed by atoms with E-state index in [4.69, 9.17) is 9.57 Å². The highest BCUT2D eigenvalue weighted by Gasteiger charge is 2.38.